The van der Waals surface area contributed by atoms with Crippen molar-refractivity contribution in [2.75, 3.05) is 17.7 Å². The molecule has 4 N–H and O–H groups in total. The van der Waals surface area contributed by atoms with Crippen LogP contribution in [0.3, 0.4) is 0 Å². The number of aliphatic hydroxyl groups excluding tert-OH is 1. The lowest BCUT2D eigenvalue weighted by molar-refractivity contribution is -0.116. The van der Waals surface area contributed by atoms with Crippen molar-refractivity contribution in [1.82, 2.24) is 0 Å². The highest BCUT2D eigenvalue weighted by Crippen LogP contribution is 2.26. The Morgan fingerprint density at radius 3 is 2.52 bits per heavy atom. The van der Waals surface area contributed by atoms with Crippen LogP contribution in [0, 0.1) is 5.41 Å². The van der Waals surface area contributed by atoms with Gasteiger partial charge in [0.05, 0.1) is 30.5 Å². The van der Waals surface area contributed by atoms with E-state index in [9.17, 15) is 14.7 Å². The average molecular weight is 347 g/mol. The van der Waals surface area contributed by atoms with Crippen LogP contribution in [0.4, 0.5) is 11.4 Å². The number of amides is 1. The number of allylic oxidation sites excluding steroid dienone is 1. The summed E-state index contributed by atoms with van der Waals surface area (Å²) in [4.78, 5) is 23.8. The summed E-state index contributed by atoms with van der Waals surface area (Å²) in [5.74, 6) is -1.17. The van der Waals surface area contributed by atoms with Crippen LogP contribution in [0.1, 0.15) is 43.5 Å². The van der Waals surface area contributed by atoms with Gasteiger partial charge in [0, 0.05) is 12.3 Å². The third kappa shape index (κ3) is 6.29. The second-order valence-electron chi connectivity index (χ2n) is 5.46. The highest BCUT2D eigenvalue weighted by Gasteiger charge is 2.14. The maximum Gasteiger partial charge on any atom is 0.337 e. The highest BCUT2D eigenvalue weighted by molar-refractivity contribution is 5.98. The molecule has 0 fully saturated rings. The van der Waals surface area contributed by atoms with Gasteiger partial charge in [0.1, 0.15) is 5.76 Å². The molecule has 1 rings (SSSR count). The van der Waals surface area contributed by atoms with Crippen molar-refractivity contribution in [2.45, 2.75) is 39.2 Å². The lowest BCUT2D eigenvalue weighted by atomic mass is 10.1. The van der Waals surface area contributed by atoms with Crippen molar-refractivity contribution in [1.29, 1.82) is 5.41 Å². The maximum absolute atomic E-state index is 12.1. The fourth-order valence-corrected chi connectivity index (χ4v) is 2.25. The summed E-state index contributed by atoms with van der Waals surface area (Å²) in [5, 5.41) is 22.4. The number of rotatable bonds is 9. The van der Waals surface area contributed by atoms with Crippen LogP contribution in [0.2, 0.25) is 0 Å². The number of nitrogens with one attached hydrogen (secondary N) is 3. The zero-order valence-corrected chi connectivity index (χ0v) is 14.8. The van der Waals surface area contributed by atoms with Crippen LogP contribution in [-0.4, -0.2) is 36.3 Å². The number of carbonyl (C=O) groups excluding carboxylic acids is 2. The molecule has 136 valence electrons. The maximum atomic E-state index is 12.1. The van der Waals surface area contributed by atoms with Gasteiger partial charge in [-0.15, -0.1) is 0 Å². The molecule has 1 aromatic rings. The second kappa shape index (κ2) is 10.1. The zero-order chi connectivity index (χ0) is 18.8. The Kier molecular flexibility index (Phi) is 8.18. The number of anilines is 2. The minimum Gasteiger partial charge on any atom is -0.512 e. The summed E-state index contributed by atoms with van der Waals surface area (Å²) >= 11 is 0. The number of ether oxygens (including phenoxy) is 1. The molecule has 0 saturated carbocycles. The van der Waals surface area contributed by atoms with Crippen molar-refractivity contribution in [3.8, 4) is 0 Å². The summed E-state index contributed by atoms with van der Waals surface area (Å²) in [6.07, 6.45) is 3.59. The van der Waals surface area contributed by atoms with E-state index in [4.69, 9.17) is 10.1 Å². The largest absolute Gasteiger partial charge is 0.512 e. The summed E-state index contributed by atoms with van der Waals surface area (Å²) < 4.78 is 4.71. The van der Waals surface area contributed by atoms with E-state index in [0.29, 0.717) is 16.9 Å². The van der Waals surface area contributed by atoms with Gasteiger partial charge in [-0.25, -0.2) is 4.79 Å². The van der Waals surface area contributed by atoms with E-state index in [1.807, 2.05) is 0 Å². The topological polar surface area (TPSA) is 112 Å². The lowest BCUT2D eigenvalue weighted by Crippen LogP contribution is -2.20. The van der Waals surface area contributed by atoms with Crippen LogP contribution in [0.25, 0.3) is 0 Å². The zero-order valence-electron chi connectivity index (χ0n) is 14.8. The van der Waals surface area contributed by atoms with Crippen molar-refractivity contribution in [3.05, 3.63) is 35.6 Å². The minimum atomic E-state index is -0.504. The second-order valence-corrected chi connectivity index (χ2v) is 5.46. The Bertz CT molecular complexity index is 652. The summed E-state index contributed by atoms with van der Waals surface area (Å²) in [7, 11) is 1.29. The fraction of sp³-hybridized carbons (Fsp3) is 0.389. The van der Waals surface area contributed by atoms with Gasteiger partial charge in [-0.1, -0.05) is 13.8 Å². The van der Waals surface area contributed by atoms with Crippen molar-refractivity contribution in [3.63, 3.8) is 0 Å². The Hall–Kier alpha value is -2.83. The number of benzene rings is 1. The Morgan fingerprint density at radius 2 is 1.96 bits per heavy atom. The normalized spacial score (nSPS) is 11.1. The van der Waals surface area contributed by atoms with Gasteiger partial charge < -0.3 is 25.9 Å². The minimum absolute atomic E-state index is 0.217. The quantitative estimate of drug-likeness (QED) is 0.310. The molecule has 0 heterocycles. The lowest BCUT2D eigenvalue weighted by Gasteiger charge is -2.20. The molecule has 0 aliphatic carbocycles. The van der Waals surface area contributed by atoms with E-state index in [-0.39, 0.29) is 18.2 Å². The number of hydrogen-bond donors (Lipinski definition) is 4. The highest BCUT2D eigenvalue weighted by atomic mass is 16.5. The van der Waals surface area contributed by atoms with Crippen molar-refractivity contribution in [2.24, 2.45) is 0 Å². The van der Waals surface area contributed by atoms with E-state index < -0.39 is 11.9 Å². The van der Waals surface area contributed by atoms with Gasteiger partial charge in [-0.05, 0) is 37.1 Å². The SMILES string of the molecule is CCC(CC)Nc1ccc(C(=O)OC)cc1NC(=O)C/C(O)=C/C=N. The molecule has 0 radical (unpaired) electrons. The van der Waals surface area contributed by atoms with Crippen molar-refractivity contribution < 1.29 is 19.4 Å². The fourth-order valence-electron chi connectivity index (χ4n) is 2.25. The van der Waals surface area contributed by atoms with Crippen LogP contribution >= 0.6 is 0 Å². The Labute approximate surface area is 147 Å². The molecule has 0 aliphatic rings. The molecule has 1 aromatic carbocycles. The van der Waals surface area contributed by atoms with Gasteiger partial charge in [0.2, 0.25) is 5.91 Å². The molecule has 0 bridgehead atoms. The molecule has 0 spiro atoms. The predicted molar refractivity (Wildman–Crippen MR) is 98.5 cm³/mol. The Morgan fingerprint density at radius 1 is 1.28 bits per heavy atom. The third-order valence-electron chi connectivity index (χ3n) is 3.68. The molecular weight excluding hydrogens is 322 g/mol. The molecule has 1 amide bonds. The van der Waals surface area contributed by atoms with Gasteiger partial charge in [-0.3, -0.25) is 4.79 Å². The molecule has 0 aliphatic heterocycles. The number of methoxy groups -OCH3 is 1. The monoisotopic (exact) mass is 347 g/mol. The third-order valence-corrected chi connectivity index (χ3v) is 3.68. The molecule has 7 heteroatoms. The van der Waals surface area contributed by atoms with Crippen LogP contribution in [-0.2, 0) is 9.53 Å². The molecule has 25 heavy (non-hydrogen) atoms. The molecule has 0 unspecified atom stereocenters. The first-order chi connectivity index (χ1) is 11.9. The summed E-state index contributed by atoms with van der Waals surface area (Å²) in [6.45, 7) is 4.12. The van der Waals surface area contributed by atoms with Crippen LogP contribution in [0.15, 0.2) is 30.0 Å². The number of hydrogen-bond acceptors (Lipinski definition) is 6. The summed E-state index contributed by atoms with van der Waals surface area (Å²) in [5.41, 5.74) is 1.43. The van der Waals surface area contributed by atoms with Crippen LogP contribution < -0.4 is 10.6 Å². The number of carbonyl (C=O) groups is 2. The summed E-state index contributed by atoms with van der Waals surface area (Å²) in [6, 6.07) is 5.10. The number of aliphatic hydroxyl groups is 1. The smallest absolute Gasteiger partial charge is 0.337 e. The van der Waals surface area contributed by atoms with Crippen LogP contribution in [0.5, 0.6) is 0 Å². The first-order valence-electron chi connectivity index (χ1n) is 8.12. The Balaban J connectivity index is 3.08. The van der Waals surface area contributed by atoms with E-state index in [1.165, 1.54) is 13.2 Å². The van der Waals surface area contributed by atoms with Gasteiger partial charge in [0.15, 0.2) is 0 Å². The predicted octanol–water partition coefficient (Wildman–Crippen LogP) is 3.49. The van der Waals surface area contributed by atoms with Gasteiger partial charge >= 0.3 is 5.97 Å². The first-order valence-corrected chi connectivity index (χ1v) is 8.12. The van der Waals surface area contributed by atoms with Gasteiger partial charge in [0.25, 0.3) is 0 Å². The molecular formula is C18H25N3O4. The van der Waals surface area contributed by atoms with Gasteiger partial charge in [-0.2, -0.15) is 0 Å². The molecule has 0 aromatic heterocycles. The first kappa shape index (κ1) is 20.2. The molecule has 7 nitrogen and oxygen atoms in total. The van der Waals surface area contributed by atoms with E-state index in [0.717, 1.165) is 25.1 Å². The average Bonchev–Trinajstić information content (AvgIpc) is 2.59. The van der Waals surface area contributed by atoms with Crippen molar-refractivity contribution >= 4 is 29.5 Å². The van der Waals surface area contributed by atoms with E-state index in [1.54, 1.807) is 12.1 Å². The number of esters is 1. The molecule has 0 saturated heterocycles. The molecule has 0 atom stereocenters. The van der Waals surface area contributed by atoms with E-state index >= 15 is 0 Å². The standard InChI is InChI=1S/C18H25N3O4/c1-4-13(5-2)20-15-7-6-12(18(24)25-3)10-16(15)21-17(23)11-14(22)8-9-19/h6-10,13,19-20,22H,4-5,11H2,1-3H3,(H,21,23)/b14-8-,19-9?. The van der Waals surface area contributed by atoms with E-state index in [2.05, 4.69) is 24.5 Å².